The fourth-order valence-electron chi connectivity index (χ4n) is 3.45. The molecule has 24 heavy (non-hydrogen) atoms. The molecule has 0 spiro atoms. The van der Waals surface area contributed by atoms with Crippen LogP contribution in [0.2, 0.25) is 5.02 Å². The molecule has 0 amide bonds. The molecule has 1 aliphatic heterocycles. The number of halogens is 2. The van der Waals surface area contributed by atoms with Crippen molar-refractivity contribution < 1.29 is 9.13 Å². The molecule has 0 bridgehead atoms. The summed E-state index contributed by atoms with van der Waals surface area (Å²) in [6, 6.07) is 5.07. The minimum absolute atomic E-state index is 0.122. The minimum atomic E-state index is -0.218. The summed E-state index contributed by atoms with van der Waals surface area (Å²) < 4.78 is 19.6. The van der Waals surface area contributed by atoms with Gasteiger partial charge in [-0.2, -0.15) is 0 Å². The number of likely N-dealkylation sites (tertiary alicyclic amines) is 1. The van der Waals surface area contributed by atoms with Gasteiger partial charge in [0.15, 0.2) is 5.96 Å². The lowest BCUT2D eigenvalue weighted by Gasteiger charge is -2.22. The third kappa shape index (κ3) is 3.83. The lowest BCUT2D eigenvalue weighted by Crippen LogP contribution is -2.41. The van der Waals surface area contributed by atoms with Crippen molar-refractivity contribution >= 4 is 17.6 Å². The summed E-state index contributed by atoms with van der Waals surface area (Å²) in [4.78, 5) is 6.67. The van der Waals surface area contributed by atoms with Crippen molar-refractivity contribution in [1.82, 2.24) is 10.2 Å². The first-order valence-electron chi connectivity index (χ1n) is 8.64. The van der Waals surface area contributed by atoms with Crippen LogP contribution in [0.3, 0.4) is 0 Å². The standard InChI is InChI=1S/C18H25ClFN3O/c1-3-24-11-12-7-8-23(10-12)18(21-2)22-16-9-13(16)17-14(19)5-4-6-15(17)20/h4-6,12-13,16H,3,7-11H2,1-2H3,(H,21,22). The quantitative estimate of drug-likeness (QED) is 0.652. The number of hydrogen-bond donors (Lipinski definition) is 1. The second-order valence-corrected chi connectivity index (χ2v) is 6.94. The average molecular weight is 354 g/mol. The van der Waals surface area contributed by atoms with Crippen molar-refractivity contribution in [2.24, 2.45) is 10.9 Å². The molecule has 1 saturated carbocycles. The number of benzene rings is 1. The van der Waals surface area contributed by atoms with Gasteiger partial charge in [-0.3, -0.25) is 4.99 Å². The maximum Gasteiger partial charge on any atom is 0.193 e. The topological polar surface area (TPSA) is 36.9 Å². The Balaban J connectivity index is 1.57. The summed E-state index contributed by atoms with van der Waals surface area (Å²) in [6.45, 7) is 5.53. The van der Waals surface area contributed by atoms with E-state index in [1.807, 2.05) is 6.92 Å². The number of nitrogens with zero attached hydrogens (tertiary/aromatic N) is 2. The summed E-state index contributed by atoms with van der Waals surface area (Å²) in [7, 11) is 1.80. The highest BCUT2D eigenvalue weighted by atomic mass is 35.5. The van der Waals surface area contributed by atoms with Crippen LogP contribution in [0.4, 0.5) is 4.39 Å². The van der Waals surface area contributed by atoms with E-state index >= 15 is 0 Å². The Hall–Kier alpha value is -1.33. The SMILES string of the molecule is CCOCC1CCN(C(=NC)NC2CC2c2c(F)cccc2Cl)C1. The molecule has 4 nitrogen and oxygen atoms in total. The van der Waals surface area contributed by atoms with Gasteiger partial charge in [0.1, 0.15) is 5.82 Å². The predicted molar refractivity (Wildman–Crippen MR) is 95.2 cm³/mol. The third-order valence-corrected chi connectivity index (χ3v) is 5.16. The van der Waals surface area contributed by atoms with E-state index in [2.05, 4.69) is 15.2 Å². The number of hydrogen-bond acceptors (Lipinski definition) is 2. The van der Waals surface area contributed by atoms with E-state index in [0.717, 1.165) is 45.1 Å². The monoisotopic (exact) mass is 353 g/mol. The molecule has 2 aliphatic rings. The zero-order chi connectivity index (χ0) is 17.1. The molecule has 1 aromatic rings. The Morgan fingerprint density at radius 2 is 2.33 bits per heavy atom. The first-order valence-corrected chi connectivity index (χ1v) is 9.01. The molecule has 1 N–H and O–H groups in total. The molecule has 2 fully saturated rings. The van der Waals surface area contributed by atoms with Crippen LogP contribution in [0.25, 0.3) is 0 Å². The fraction of sp³-hybridized carbons (Fsp3) is 0.611. The van der Waals surface area contributed by atoms with Gasteiger partial charge in [-0.25, -0.2) is 4.39 Å². The smallest absolute Gasteiger partial charge is 0.193 e. The van der Waals surface area contributed by atoms with Gasteiger partial charge in [-0.05, 0) is 31.9 Å². The number of aliphatic imine (C=N–C) groups is 1. The highest BCUT2D eigenvalue weighted by Gasteiger charge is 2.42. The van der Waals surface area contributed by atoms with Gasteiger partial charge in [-0.1, -0.05) is 17.7 Å². The molecule has 0 aromatic heterocycles. The van der Waals surface area contributed by atoms with Gasteiger partial charge < -0.3 is 15.0 Å². The Bertz CT molecular complexity index is 590. The van der Waals surface area contributed by atoms with Crippen LogP contribution < -0.4 is 5.32 Å². The molecule has 132 valence electrons. The van der Waals surface area contributed by atoms with Gasteiger partial charge in [0.25, 0.3) is 0 Å². The zero-order valence-corrected chi connectivity index (χ0v) is 15.0. The van der Waals surface area contributed by atoms with E-state index in [0.29, 0.717) is 16.5 Å². The van der Waals surface area contributed by atoms with Crippen molar-refractivity contribution in [3.8, 4) is 0 Å². The van der Waals surface area contributed by atoms with Crippen molar-refractivity contribution in [2.45, 2.75) is 31.7 Å². The van der Waals surface area contributed by atoms with Gasteiger partial charge in [0, 0.05) is 55.2 Å². The molecule has 6 heteroatoms. The highest BCUT2D eigenvalue weighted by Crippen LogP contribution is 2.45. The largest absolute Gasteiger partial charge is 0.381 e. The van der Waals surface area contributed by atoms with Crippen LogP contribution in [0, 0.1) is 11.7 Å². The average Bonchev–Trinajstić information content (AvgIpc) is 3.15. The summed E-state index contributed by atoms with van der Waals surface area (Å²) in [5, 5.41) is 3.98. The van der Waals surface area contributed by atoms with Crippen molar-refractivity contribution in [2.75, 3.05) is 33.4 Å². The fourth-order valence-corrected chi connectivity index (χ4v) is 3.75. The Kier molecular flexibility index (Phi) is 5.61. The van der Waals surface area contributed by atoms with Crippen molar-refractivity contribution in [1.29, 1.82) is 0 Å². The lowest BCUT2D eigenvalue weighted by atomic mass is 10.1. The van der Waals surface area contributed by atoms with Crippen LogP contribution in [0.5, 0.6) is 0 Å². The van der Waals surface area contributed by atoms with Crippen molar-refractivity contribution in [3.05, 3.63) is 34.6 Å². The Morgan fingerprint density at radius 1 is 1.50 bits per heavy atom. The van der Waals surface area contributed by atoms with Crippen LogP contribution in [0.15, 0.2) is 23.2 Å². The first-order chi connectivity index (χ1) is 11.6. The van der Waals surface area contributed by atoms with Crippen LogP contribution in [-0.4, -0.2) is 50.3 Å². The lowest BCUT2D eigenvalue weighted by molar-refractivity contribution is 0.114. The van der Waals surface area contributed by atoms with E-state index in [4.69, 9.17) is 16.3 Å². The maximum absolute atomic E-state index is 14.0. The number of nitrogens with one attached hydrogen (secondary N) is 1. The van der Waals surface area contributed by atoms with E-state index in [1.54, 1.807) is 19.2 Å². The van der Waals surface area contributed by atoms with Crippen LogP contribution in [-0.2, 0) is 4.74 Å². The summed E-state index contributed by atoms with van der Waals surface area (Å²) in [6.07, 6.45) is 2.00. The Morgan fingerprint density at radius 3 is 3.04 bits per heavy atom. The molecule has 3 unspecified atom stereocenters. The molecule has 0 radical (unpaired) electrons. The van der Waals surface area contributed by atoms with Crippen LogP contribution >= 0.6 is 11.6 Å². The zero-order valence-electron chi connectivity index (χ0n) is 14.3. The number of rotatable bonds is 5. The molecular weight excluding hydrogens is 329 g/mol. The van der Waals surface area contributed by atoms with E-state index < -0.39 is 0 Å². The van der Waals surface area contributed by atoms with Crippen LogP contribution in [0.1, 0.15) is 31.2 Å². The maximum atomic E-state index is 14.0. The minimum Gasteiger partial charge on any atom is -0.381 e. The highest BCUT2D eigenvalue weighted by molar-refractivity contribution is 6.31. The second kappa shape index (κ2) is 7.70. The molecule has 1 aromatic carbocycles. The second-order valence-electron chi connectivity index (χ2n) is 6.54. The van der Waals surface area contributed by atoms with Gasteiger partial charge >= 0.3 is 0 Å². The first kappa shape index (κ1) is 17.5. The Labute approximate surface area is 148 Å². The molecule has 3 atom stereocenters. The van der Waals surface area contributed by atoms with E-state index in [1.165, 1.54) is 6.07 Å². The molecule has 1 heterocycles. The molecule has 3 rings (SSSR count). The van der Waals surface area contributed by atoms with E-state index in [-0.39, 0.29) is 17.8 Å². The molecular formula is C18H25ClFN3O. The third-order valence-electron chi connectivity index (χ3n) is 4.83. The van der Waals surface area contributed by atoms with Gasteiger partial charge in [0.05, 0.1) is 6.61 Å². The van der Waals surface area contributed by atoms with Gasteiger partial charge in [-0.15, -0.1) is 0 Å². The van der Waals surface area contributed by atoms with Gasteiger partial charge in [0.2, 0.25) is 0 Å². The van der Waals surface area contributed by atoms with E-state index in [9.17, 15) is 4.39 Å². The number of guanidine groups is 1. The van der Waals surface area contributed by atoms with Crippen molar-refractivity contribution in [3.63, 3.8) is 0 Å². The summed E-state index contributed by atoms with van der Waals surface area (Å²) in [5.41, 5.74) is 0.628. The summed E-state index contributed by atoms with van der Waals surface area (Å²) in [5.74, 6) is 1.36. The molecule has 1 aliphatic carbocycles. The summed E-state index contributed by atoms with van der Waals surface area (Å²) >= 11 is 6.17. The number of ether oxygens (including phenoxy) is 1. The normalized spacial score (nSPS) is 26.8. The predicted octanol–water partition coefficient (Wildman–Crippen LogP) is 3.27. The molecule has 1 saturated heterocycles.